The highest BCUT2D eigenvalue weighted by atomic mass is 16.5. The minimum Gasteiger partial charge on any atom is -0.493 e. The van der Waals surface area contributed by atoms with Gasteiger partial charge in [0.15, 0.2) is 11.5 Å². The van der Waals surface area contributed by atoms with E-state index >= 15 is 0 Å². The number of carbonyl (C=O) groups excluding carboxylic acids is 1. The summed E-state index contributed by atoms with van der Waals surface area (Å²) in [6.45, 7) is 2.73. The van der Waals surface area contributed by atoms with E-state index in [9.17, 15) is 4.79 Å². The largest absolute Gasteiger partial charge is 0.493 e. The first-order valence-electron chi connectivity index (χ1n) is 8.43. The maximum Gasteiger partial charge on any atom is 0.252 e. The molecule has 1 amide bonds. The molecule has 7 heteroatoms. The van der Waals surface area contributed by atoms with E-state index in [0.717, 1.165) is 18.5 Å². The predicted molar refractivity (Wildman–Crippen MR) is 101 cm³/mol. The molecule has 0 aliphatic rings. The van der Waals surface area contributed by atoms with Crippen molar-refractivity contribution in [3.05, 3.63) is 36.2 Å². The van der Waals surface area contributed by atoms with Gasteiger partial charge >= 0.3 is 0 Å². The summed E-state index contributed by atoms with van der Waals surface area (Å²) in [5.74, 6) is 1.45. The van der Waals surface area contributed by atoms with Crippen molar-refractivity contribution in [3.8, 4) is 17.2 Å². The molecule has 1 heterocycles. The molecule has 2 N–H and O–H groups in total. The topological polar surface area (TPSA) is 81.7 Å². The van der Waals surface area contributed by atoms with Crippen LogP contribution in [0.5, 0.6) is 17.2 Å². The molecule has 2 rings (SSSR count). The van der Waals surface area contributed by atoms with E-state index in [2.05, 4.69) is 22.5 Å². The number of carbonyl (C=O) groups is 1. The van der Waals surface area contributed by atoms with Crippen LogP contribution in [0.3, 0.4) is 0 Å². The van der Waals surface area contributed by atoms with Crippen LogP contribution in [0.15, 0.2) is 30.6 Å². The fourth-order valence-electron chi connectivity index (χ4n) is 2.43. The van der Waals surface area contributed by atoms with Gasteiger partial charge in [0.25, 0.3) is 5.91 Å². The summed E-state index contributed by atoms with van der Waals surface area (Å²) in [5.41, 5.74) is 1.91. The van der Waals surface area contributed by atoms with Crippen LogP contribution in [0.4, 0.5) is 11.4 Å². The second kappa shape index (κ2) is 9.50. The van der Waals surface area contributed by atoms with E-state index in [0.29, 0.717) is 35.0 Å². The summed E-state index contributed by atoms with van der Waals surface area (Å²) in [7, 11) is 4.67. The van der Waals surface area contributed by atoms with Crippen LogP contribution in [0.1, 0.15) is 30.1 Å². The maximum atomic E-state index is 12.2. The first-order chi connectivity index (χ1) is 12.6. The van der Waals surface area contributed by atoms with Gasteiger partial charge in [0.05, 0.1) is 38.8 Å². The Balaban J connectivity index is 2.21. The van der Waals surface area contributed by atoms with Crippen molar-refractivity contribution in [1.29, 1.82) is 0 Å². The van der Waals surface area contributed by atoms with Crippen molar-refractivity contribution in [2.45, 2.75) is 19.8 Å². The maximum absolute atomic E-state index is 12.2. The summed E-state index contributed by atoms with van der Waals surface area (Å²) in [6, 6.07) is 5.32. The number of amides is 1. The molecule has 0 aliphatic carbocycles. The fraction of sp³-hybridized carbons (Fsp3) is 0.368. The monoisotopic (exact) mass is 359 g/mol. The van der Waals surface area contributed by atoms with Crippen LogP contribution >= 0.6 is 0 Å². The lowest BCUT2D eigenvalue weighted by molar-refractivity contribution is 0.0953. The highest BCUT2D eigenvalue weighted by molar-refractivity contribution is 5.94. The Kier molecular flexibility index (Phi) is 7.08. The zero-order chi connectivity index (χ0) is 18.9. The smallest absolute Gasteiger partial charge is 0.252 e. The van der Waals surface area contributed by atoms with Crippen LogP contribution in [0, 0.1) is 0 Å². The number of unbranched alkanes of at least 4 members (excludes halogenated alkanes) is 1. The molecule has 140 valence electrons. The van der Waals surface area contributed by atoms with Crippen LogP contribution in [-0.4, -0.2) is 38.8 Å². The van der Waals surface area contributed by atoms with Gasteiger partial charge in [-0.2, -0.15) is 0 Å². The molecule has 1 aromatic heterocycles. The van der Waals surface area contributed by atoms with E-state index < -0.39 is 0 Å². The number of nitrogens with one attached hydrogen (secondary N) is 2. The Morgan fingerprint density at radius 1 is 1.00 bits per heavy atom. The van der Waals surface area contributed by atoms with Gasteiger partial charge in [-0.1, -0.05) is 13.3 Å². The molecule has 0 saturated carbocycles. The SMILES string of the molecule is CCCCNC(=O)c1cncc(Nc2cc(OC)c(OC)c(OC)c2)c1. The second-order valence-electron chi connectivity index (χ2n) is 5.61. The Morgan fingerprint density at radius 2 is 1.69 bits per heavy atom. The molecule has 7 nitrogen and oxygen atoms in total. The highest BCUT2D eigenvalue weighted by Crippen LogP contribution is 2.40. The predicted octanol–water partition coefficient (Wildman–Crippen LogP) is 3.38. The molecular weight excluding hydrogens is 334 g/mol. The van der Waals surface area contributed by atoms with Crippen molar-refractivity contribution in [3.63, 3.8) is 0 Å². The van der Waals surface area contributed by atoms with Crippen molar-refractivity contribution in [2.75, 3.05) is 33.2 Å². The Bertz CT molecular complexity index is 724. The van der Waals surface area contributed by atoms with Gasteiger partial charge in [0.1, 0.15) is 0 Å². The minimum absolute atomic E-state index is 0.139. The summed E-state index contributed by atoms with van der Waals surface area (Å²) in [5, 5.41) is 6.09. The molecule has 0 unspecified atom stereocenters. The van der Waals surface area contributed by atoms with E-state index in [1.165, 1.54) is 0 Å². The van der Waals surface area contributed by atoms with E-state index in [1.54, 1.807) is 51.9 Å². The number of pyridine rings is 1. The van der Waals surface area contributed by atoms with E-state index in [1.807, 2.05) is 0 Å². The van der Waals surface area contributed by atoms with Gasteiger partial charge in [0, 0.05) is 30.6 Å². The van der Waals surface area contributed by atoms with Crippen LogP contribution in [0.25, 0.3) is 0 Å². The number of nitrogens with zero attached hydrogens (tertiary/aromatic N) is 1. The standard InChI is InChI=1S/C19H25N3O4/c1-5-6-7-21-19(23)13-8-15(12-20-11-13)22-14-9-16(24-2)18(26-4)17(10-14)25-3/h8-12,22H,5-7H2,1-4H3,(H,21,23). The van der Waals surface area contributed by atoms with Gasteiger partial charge < -0.3 is 24.8 Å². The average Bonchev–Trinajstić information content (AvgIpc) is 2.67. The molecule has 26 heavy (non-hydrogen) atoms. The third kappa shape index (κ3) is 4.78. The number of hydrogen-bond acceptors (Lipinski definition) is 6. The van der Waals surface area contributed by atoms with Crippen LogP contribution < -0.4 is 24.8 Å². The average molecular weight is 359 g/mol. The zero-order valence-corrected chi connectivity index (χ0v) is 15.6. The Morgan fingerprint density at radius 3 is 2.27 bits per heavy atom. The summed E-state index contributed by atoms with van der Waals surface area (Å²) >= 11 is 0. The molecule has 0 radical (unpaired) electrons. The lowest BCUT2D eigenvalue weighted by Crippen LogP contribution is -2.24. The number of anilines is 2. The zero-order valence-electron chi connectivity index (χ0n) is 15.6. The van der Waals surface area contributed by atoms with Gasteiger partial charge in [-0.05, 0) is 12.5 Å². The third-order valence-corrected chi connectivity index (χ3v) is 3.77. The molecule has 0 fully saturated rings. The molecule has 0 spiro atoms. The number of benzene rings is 1. The number of hydrogen-bond donors (Lipinski definition) is 2. The van der Waals surface area contributed by atoms with Gasteiger partial charge in [0.2, 0.25) is 5.75 Å². The third-order valence-electron chi connectivity index (χ3n) is 3.77. The first-order valence-corrected chi connectivity index (χ1v) is 8.43. The van der Waals surface area contributed by atoms with Gasteiger partial charge in [-0.15, -0.1) is 0 Å². The van der Waals surface area contributed by atoms with Gasteiger partial charge in [-0.25, -0.2) is 0 Å². The lowest BCUT2D eigenvalue weighted by atomic mass is 10.2. The quantitative estimate of drug-likeness (QED) is 0.668. The number of methoxy groups -OCH3 is 3. The summed E-state index contributed by atoms with van der Waals surface area (Å²) in [4.78, 5) is 16.3. The molecule has 0 atom stereocenters. The number of rotatable bonds is 9. The molecule has 0 aliphatic heterocycles. The molecular formula is C19H25N3O4. The Labute approximate surface area is 153 Å². The summed E-state index contributed by atoms with van der Waals surface area (Å²) in [6.07, 6.45) is 5.16. The van der Waals surface area contributed by atoms with Gasteiger partial charge in [-0.3, -0.25) is 9.78 Å². The first kappa shape index (κ1) is 19.4. The van der Waals surface area contributed by atoms with E-state index in [-0.39, 0.29) is 5.91 Å². The normalized spacial score (nSPS) is 10.2. The Hall–Kier alpha value is -2.96. The number of aromatic nitrogens is 1. The van der Waals surface area contributed by atoms with Crippen molar-refractivity contribution < 1.29 is 19.0 Å². The molecule has 1 aromatic carbocycles. The minimum atomic E-state index is -0.139. The van der Waals surface area contributed by atoms with Crippen LogP contribution in [0.2, 0.25) is 0 Å². The molecule has 0 saturated heterocycles. The number of ether oxygens (including phenoxy) is 3. The summed E-state index contributed by atoms with van der Waals surface area (Å²) < 4.78 is 16.0. The van der Waals surface area contributed by atoms with Crippen molar-refractivity contribution >= 4 is 17.3 Å². The lowest BCUT2D eigenvalue weighted by Gasteiger charge is -2.15. The fourth-order valence-corrected chi connectivity index (χ4v) is 2.43. The van der Waals surface area contributed by atoms with Crippen molar-refractivity contribution in [1.82, 2.24) is 10.3 Å². The molecule has 2 aromatic rings. The highest BCUT2D eigenvalue weighted by Gasteiger charge is 2.14. The second-order valence-corrected chi connectivity index (χ2v) is 5.61. The van der Waals surface area contributed by atoms with Crippen LogP contribution in [-0.2, 0) is 0 Å². The van der Waals surface area contributed by atoms with Crippen molar-refractivity contribution in [2.24, 2.45) is 0 Å². The van der Waals surface area contributed by atoms with E-state index in [4.69, 9.17) is 14.2 Å². The molecule has 0 bridgehead atoms.